The molecule has 0 spiro atoms. The van der Waals surface area contributed by atoms with Crippen LogP contribution in [0.15, 0.2) is 0 Å². The van der Waals surface area contributed by atoms with Crippen molar-refractivity contribution in [2.75, 3.05) is 12.9 Å². The van der Waals surface area contributed by atoms with E-state index in [1.54, 1.807) is 0 Å². The zero-order valence-electron chi connectivity index (χ0n) is 8.25. The highest BCUT2D eigenvalue weighted by Gasteiger charge is 2.14. The molecule has 13 heavy (non-hydrogen) atoms. The molecule has 3 nitrogen and oxygen atoms in total. The lowest BCUT2D eigenvalue weighted by Crippen LogP contribution is -2.22. The summed E-state index contributed by atoms with van der Waals surface area (Å²) in [7, 11) is 1.34. The van der Waals surface area contributed by atoms with E-state index in [9.17, 15) is 4.79 Å². The molecule has 0 aliphatic rings. The maximum absolute atomic E-state index is 10.7. The van der Waals surface area contributed by atoms with Gasteiger partial charge in [-0.15, -0.1) is 0 Å². The largest absolute Gasteiger partial charge is 0.473 e. The van der Waals surface area contributed by atoms with Crippen molar-refractivity contribution in [2.45, 2.75) is 26.4 Å². The van der Waals surface area contributed by atoms with E-state index in [0.717, 1.165) is 0 Å². The van der Waals surface area contributed by atoms with Crippen molar-refractivity contribution >= 4 is 34.3 Å². The number of thiocarbonyl (C=S) groups is 1. The molecular weight excluding hydrogens is 208 g/mol. The second-order valence-electron chi connectivity index (χ2n) is 3.33. The molecule has 0 saturated heterocycles. The minimum absolute atomic E-state index is 0.200. The molecule has 0 rings (SSSR count). The van der Waals surface area contributed by atoms with Crippen LogP contribution in [0.1, 0.15) is 20.8 Å². The van der Waals surface area contributed by atoms with Crippen molar-refractivity contribution in [1.82, 2.24) is 0 Å². The lowest BCUT2D eigenvalue weighted by Gasteiger charge is -2.20. The van der Waals surface area contributed by atoms with Gasteiger partial charge < -0.3 is 9.47 Å². The van der Waals surface area contributed by atoms with Crippen molar-refractivity contribution in [3.63, 3.8) is 0 Å². The van der Waals surface area contributed by atoms with Gasteiger partial charge in [-0.2, -0.15) is 0 Å². The van der Waals surface area contributed by atoms with Crippen LogP contribution in [0, 0.1) is 0 Å². The van der Waals surface area contributed by atoms with Crippen molar-refractivity contribution in [3.05, 3.63) is 0 Å². The highest BCUT2D eigenvalue weighted by Crippen LogP contribution is 2.15. The zero-order chi connectivity index (χ0) is 10.5. The number of ether oxygens (including phenoxy) is 2. The van der Waals surface area contributed by atoms with Crippen molar-refractivity contribution in [1.29, 1.82) is 0 Å². The molecule has 0 aliphatic carbocycles. The summed E-state index contributed by atoms with van der Waals surface area (Å²) in [4.78, 5) is 10.7. The van der Waals surface area contributed by atoms with Crippen LogP contribution in [0.4, 0.5) is 0 Å². The molecule has 0 amide bonds. The van der Waals surface area contributed by atoms with Crippen molar-refractivity contribution in [3.8, 4) is 0 Å². The molecule has 0 aromatic rings. The Hall–Kier alpha value is -0.290. The van der Waals surface area contributed by atoms with Gasteiger partial charge in [0.1, 0.15) is 5.60 Å². The topological polar surface area (TPSA) is 35.5 Å². The summed E-state index contributed by atoms with van der Waals surface area (Å²) in [5.74, 6) is -0.101. The smallest absolute Gasteiger partial charge is 0.316 e. The molecule has 0 aliphatic heterocycles. The molecule has 0 fully saturated rings. The van der Waals surface area contributed by atoms with Crippen LogP contribution in [0.3, 0.4) is 0 Å². The second-order valence-corrected chi connectivity index (χ2v) is 4.91. The van der Waals surface area contributed by atoms with Gasteiger partial charge in [0.2, 0.25) is 4.38 Å². The number of hydrogen-bond acceptors (Lipinski definition) is 5. The van der Waals surface area contributed by atoms with E-state index in [1.165, 1.54) is 18.9 Å². The maximum atomic E-state index is 10.7. The Balaban J connectivity index is 3.71. The van der Waals surface area contributed by atoms with E-state index in [0.29, 0.717) is 4.38 Å². The molecule has 0 bridgehead atoms. The molecule has 5 heteroatoms. The van der Waals surface area contributed by atoms with Crippen molar-refractivity contribution < 1.29 is 14.3 Å². The fourth-order valence-electron chi connectivity index (χ4n) is 0.456. The van der Waals surface area contributed by atoms with E-state index in [-0.39, 0.29) is 17.3 Å². The second kappa shape index (κ2) is 5.44. The Morgan fingerprint density at radius 2 is 2.00 bits per heavy atom. The normalized spacial score (nSPS) is 10.8. The summed E-state index contributed by atoms with van der Waals surface area (Å²) in [5, 5.41) is 0. The molecule has 0 N–H and O–H groups in total. The Bertz CT molecular complexity index is 196. The quantitative estimate of drug-likeness (QED) is 0.527. The van der Waals surface area contributed by atoms with Crippen LogP contribution in [0.25, 0.3) is 0 Å². The molecule has 0 heterocycles. The highest BCUT2D eigenvalue weighted by molar-refractivity contribution is 8.23. The molecule has 0 unspecified atom stereocenters. The third kappa shape index (κ3) is 8.05. The van der Waals surface area contributed by atoms with Gasteiger partial charge in [-0.25, -0.2) is 0 Å². The van der Waals surface area contributed by atoms with Crippen LogP contribution in [-0.4, -0.2) is 28.8 Å². The number of hydrogen-bond donors (Lipinski definition) is 0. The fraction of sp³-hybridized carbons (Fsp3) is 0.750. The van der Waals surface area contributed by atoms with Crippen LogP contribution >= 0.6 is 24.0 Å². The number of esters is 1. The van der Waals surface area contributed by atoms with Crippen molar-refractivity contribution in [2.24, 2.45) is 0 Å². The maximum Gasteiger partial charge on any atom is 0.316 e. The summed E-state index contributed by atoms with van der Waals surface area (Å²) in [6, 6.07) is 0. The number of rotatable bonds is 2. The minimum Gasteiger partial charge on any atom is -0.473 e. The predicted octanol–water partition coefficient (Wildman–Crippen LogP) is 1.99. The summed E-state index contributed by atoms with van der Waals surface area (Å²) in [5.41, 5.74) is -0.305. The summed E-state index contributed by atoms with van der Waals surface area (Å²) >= 11 is 6.07. The fourth-order valence-corrected chi connectivity index (χ4v) is 1.55. The van der Waals surface area contributed by atoms with E-state index in [1.807, 2.05) is 20.8 Å². The van der Waals surface area contributed by atoms with Gasteiger partial charge in [0.15, 0.2) is 0 Å². The Labute approximate surface area is 88.2 Å². The van der Waals surface area contributed by atoms with Crippen LogP contribution in [-0.2, 0) is 14.3 Å². The van der Waals surface area contributed by atoms with E-state index in [2.05, 4.69) is 4.74 Å². The van der Waals surface area contributed by atoms with E-state index in [4.69, 9.17) is 17.0 Å². The lowest BCUT2D eigenvalue weighted by molar-refractivity contribution is -0.137. The third-order valence-electron chi connectivity index (χ3n) is 0.925. The van der Waals surface area contributed by atoms with Gasteiger partial charge in [-0.1, -0.05) is 11.8 Å². The van der Waals surface area contributed by atoms with Crippen LogP contribution in [0.5, 0.6) is 0 Å². The summed E-state index contributed by atoms with van der Waals surface area (Å²) in [6.07, 6.45) is 0. The first-order chi connectivity index (χ1) is 5.85. The van der Waals surface area contributed by atoms with Gasteiger partial charge >= 0.3 is 5.97 Å². The average molecular weight is 222 g/mol. The van der Waals surface area contributed by atoms with Gasteiger partial charge in [-0.05, 0) is 33.0 Å². The monoisotopic (exact) mass is 222 g/mol. The van der Waals surface area contributed by atoms with Gasteiger partial charge in [0.25, 0.3) is 0 Å². The zero-order valence-corrected chi connectivity index (χ0v) is 9.88. The minimum atomic E-state index is -0.305. The average Bonchev–Trinajstić information content (AvgIpc) is 1.97. The molecule has 0 aromatic carbocycles. The summed E-state index contributed by atoms with van der Waals surface area (Å²) < 4.78 is 10.1. The van der Waals surface area contributed by atoms with E-state index < -0.39 is 0 Å². The molecular formula is C8H14O3S2. The lowest BCUT2D eigenvalue weighted by atomic mass is 10.2. The summed E-state index contributed by atoms with van der Waals surface area (Å²) in [6.45, 7) is 5.70. The Kier molecular flexibility index (Phi) is 5.32. The molecule has 0 aromatic heterocycles. The number of thioether (sulfide) groups is 1. The first-order valence-electron chi connectivity index (χ1n) is 3.78. The Morgan fingerprint density at radius 3 is 2.38 bits per heavy atom. The van der Waals surface area contributed by atoms with Crippen LogP contribution in [0.2, 0.25) is 0 Å². The van der Waals surface area contributed by atoms with Crippen LogP contribution < -0.4 is 0 Å². The predicted molar refractivity (Wildman–Crippen MR) is 57.9 cm³/mol. The first-order valence-corrected chi connectivity index (χ1v) is 5.17. The highest BCUT2D eigenvalue weighted by atomic mass is 32.2. The number of carbonyl (C=O) groups is 1. The van der Waals surface area contributed by atoms with E-state index >= 15 is 0 Å². The van der Waals surface area contributed by atoms with Gasteiger partial charge in [-0.3, -0.25) is 4.79 Å². The molecule has 0 atom stereocenters. The Morgan fingerprint density at radius 1 is 1.46 bits per heavy atom. The molecule has 0 saturated carbocycles. The number of carbonyl (C=O) groups excluding carboxylic acids is 1. The SMILES string of the molecule is COC(=O)CSC(=S)OC(C)(C)C. The third-order valence-corrected chi connectivity index (χ3v) is 2.06. The van der Waals surface area contributed by atoms with Gasteiger partial charge in [0, 0.05) is 0 Å². The van der Waals surface area contributed by atoms with Gasteiger partial charge in [0.05, 0.1) is 12.9 Å². The standard InChI is InChI=1S/C8H14O3S2/c1-8(2,3)11-7(12)13-5-6(9)10-4/h5H2,1-4H3. The first kappa shape index (κ1) is 12.7. The molecule has 0 radical (unpaired) electrons. The molecule has 76 valence electrons. The number of methoxy groups -OCH3 is 1.